The van der Waals surface area contributed by atoms with Crippen LogP contribution in [-0.2, 0) is 0 Å². The number of likely N-dealkylation sites (N-methyl/N-ethyl adjacent to an activating group) is 1. The summed E-state index contributed by atoms with van der Waals surface area (Å²) in [7, 11) is 4.00. The first-order valence-electron chi connectivity index (χ1n) is 8.58. The van der Waals surface area contributed by atoms with Crippen LogP contribution < -0.4 is 10.1 Å². The van der Waals surface area contributed by atoms with Gasteiger partial charge in [0.2, 0.25) is 0 Å². The Morgan fingerprint density at radius 3 is 2.61 bits per heavy atom. The fourth-order valence-corrected chi connectivity index (χ4v) is 2.73. The number of ether oxygens (including phenoxy) is 1. The fraction of sp³-hybridized carbons (Fsp3) is 0.611. The van der Waals surface area contributed by atoms with Gasteiger partial charge in [-0.1, -0.05) is 25.1 Å². The molecule has 1 aromatic carbocycles. The highest BCUT2D eigenvalue weighted by molar-refractivity contribution is 5.79. The second-order valence-electron chi connectivity index (χ2n) is 5.99. The van der Waals surface area contributed by atoms with Crippen LogP contribution in [0.3, 0.4) is 0 Å². The van der Waals surface area contributed by atoms with Crippen molar-refractivity contribution in [3.63, 3.8) is 0 Å². The van der Waals surface area contributed by atoms with Crippen molar-refractivity contribution in [3.8, 4) is 5.75 Å². The first kappa shape index (κ1) is 17.6. The van der Waals surface area contributed by atoms with Crippen LogP contribution in [0.5, 0.6) is 5.75 Å². The van der Waals surface area contributed by atoms with Gasteiger partial charge < -0.3 is 19.9 Å². The Bertz CT molecular complexity index is 469. The number of para-hydroxylation sites is 1. The molecule has 0 unspecified atom stereocenters. The summed E-state index contributed by atoms with van der Waals surface area (Å²) in [6.07, 6.45) is 2.37. The van der Waals surface area contributed by atoms with Crippen molar-refractivity contribution in [2.45, 2.75) is 25.9 Å². The zero-order chi connectivity index (χ0) is 16.5. The Hall–Kier alpha value is -1.75. The standard InChI is InChI=1S/C18H30N4O/c1-4-21(3)15-12-20-18(19-2)22-13-10-17(11-14-22)23-16-8-6-5-7-9-16/h5-9,17H,4,10-15H2,1-3H3,(H,19,20). The van der Waals surface area contributed by atoms with Gasteiger partial charge in [0.05, 0.1) is 0 Å². The van der Waals surface area contributed by atoms with E-state index < -0.39 is 0 Å². The lowest BCUT2D eigenvalue weighted by molar-refractivity contribution is 0.129. The van der Waals surface area contributed by atoms with Crippen molar-refractivity contribution in [1.82, 2.24) is 15.1 Å². The molecule has 0 aromatic heterocycles. The molecule has 0 atom stereocenters. The molecule has 128 valence electrons. The normalized spacial score (nSPS) is 16.7. The summed E-state index contributed by atoms with van der Waals surface area (Å²) < 4.78 is 6.05. The molecule has 1 N–H and O–H groups in total. The van der Waals surface area contributed by atoms with Gasteiger partial charge in [0.25, 0.3) is 0 Å². The van der Waals surface area contributed by atoms with Crippen LogP contribution >= 0.6 is 0 Å². The van der Waals surface area contributed by atoms with Crippen molar-refractivity contribution < 1.29 is 4.74 Å². The van der Waals surface area contributed by atoms with E-state index in [2.05, 4.69) is 34.1 Å². The summed E-state index contributed by atoms with van der Waals surface area (Å²) in [5.74, 6) is 1.98. The molecule has 0 spiro atoms. The van der Waals surface area contributed by atoms with Crippen LogP contribution in [0.1, 0.15) is 19.8 Å². The highest BCUT2D eigenvalue weighted by Gasteiger charge is 2.22. The van der Waals surface area contributed by atoms with Gasteiger partial charge in [-0.05, 0) is 25.7 Å². The molecule has 1 aliphatic rings. The van der Waals surface area contributed by atoms with E-state index in [1.165, 1.54) is 0 Å². The molecular weight excluding hydrogens is 288 g/mol. The fourth-order valence-electron chi connectivity index (χ4n) is 2.73. The smallest absolute Gasteiger partial charge is 0.193 e. The Kier molecular flexibility index (Phi) is 7.20. The number of rotatable bonds is 6. The van der Waals surface area contributed by atoms with Crippen LogP contribution in [0.4, 0.5) is 0 Å². The number of aliphatic imine (C=N–C) groups is 1. The number of hydrogen-bond donors (Lipinski definition) is 1. The Labute approximate surface area is 140 Å². The lowest BCUT2D eigenvalue weighted by atomic mass is 10.1. The second-order valence-corrected chi connectivity index (χ2v) is 5.99. The highest BCUT2D eigenvalue weighted by Crippen LogP contribution is 2.18. The average Bonchev–Trinajstić information content (AvgIpc) is 2.60. The van der Waals surface area contributed by atoms with Gasteiger partial charge in [-0.2, -0.15) is 0 Å². The number of nitrogens with one attached hydrogen (secondary N) is 1. The minimum absolute atomic E-state index is 0.304. The van der Waals surface area contributed by atoms with E-state index in [4.69, 9.17) is 4.74 Å². The van der Waals surface area contributed by atoms with Crippen LogP contribution in [0.25, 0.3) is 0 Å². The maximum absolute atomic E-state index is 6.05. The summed E-state index contributed by atoms with van der Waals surface area (Å²) in [5.41, 5.74) is 0. The Balaban J connectivity index is 1.74. The molecular formula is C18H30N4O. The lowest BCUT2D eigenvalue weighted by Gasteiger charge is -2.34. The topological polar surface area (TPSA) is 40.1 Å². The molecule has 1 saturated heterocycles. The second kappa shape index (κ2) is 9.40. The van der Waals surface area contributed by atoms with Gasteiger partial charge in [-0.15, -0.1) is 0 Å². The quantitative estimate of drug-likeness (QED) is 0.644. The van der Waals surface area contributed by atoms with Crippen molar-refractivity contribution in [1.29, 1.82) is 0 Å². The zero-order valence-electron chi connectivity index (χ0n) is 14.7. The third kappa shape index (κ3) is 5.75. The highest BCUT2D eigenvalue weighted by atomic mass is 16.5. The number of likely N-dealkylation sites (tertiary alicyclic amines) is 1. The Morgan fingerprint density at radius 2 is 2.00 bits per heavy atom. The van der Waals surface area contributed by atoms with Gasteiger partial charge in [0.1, 0.15) is 11.9 Å². The van der Waals surface area contributed by atoms with Gasteiger partial charge in [0.15, 0.2) is 5.96 Å². The summed E-state index contributed by atoms with van der Waals surface area (Å²) in [6.45, 7) is 7.18. The van der Waals surface area contributed by atoms with Crippen molar-refractivity contribution >= 4 is 5.96 Å². The molecule has 0 bridgehead atoms. The third-order valence-electron chi connectivity index (χ3n) is 4.32. The van der Waals surface area contributed by atoms with Crippen LogP contribution in [-0.4, -0.2) is 68.7 Å². The van der Waals surface area contributed by atoms with Crippen LogP contribution in [0.15, 0.2) is 35.3 Å². The number of hydrogen-bond acceptors (Lipinski definition) is 3. The minimum atomic E-state index is 0.304. The lowest BCUT2D eigenvalue weighted by Crippen LogP contribution is -2.48. The maximum atomic E-state index is 6.05. The summed E-state index contributed by atoms with van der Waals surface area (Å²) in [6, 6.07) is 10.1. The molecule has 5 heteroatoms. The molecule has 1 heterocycles. The summed E-state index contributed by atoms with van der Waals surface area (Å²) >= 11 is 0. The van der Waals surface area contributed by atoms with E-state index in [0.29, 0.717) is 6.10 Å². The van der Waals surface area contributed by atoms with Crippen molar-refractivity contribution in [2.24, 2.45) is 4.99 Å². The van der Waals surface area contributed by atoms with Crippen LogP contribution in [0.2, 0.25) is 0 Å². The number of benzene rings is 1. The molecule has 1 aromatic rings. The van der Waals surface area contributed by atoms with Gasteiger partial charge in [0, 0.05) is 46.1 Å². The van der Waals surface area contributed by atoms with E-state index in [1.54, 1.807) is 0 Å². The molecule has 2 rings (SSSR count). The van der Waals surface area contributed by atoms with E-state index >= 15 is 0 Å². The molecule has 0 saturated carbocycles. The molecule has 5 nitrogen and oxygen atoms in total. The number of piperidine rings is 1. The van der Waals surface area contributed by atoms with Crippen LogP contribution in [0, 0.1) is 0 Å². The first-order chi connectivity index (χ1) is 11.2. The van der Waals surface area contributed by atoms with Crippen molar-refractivity contribution in [3.05, 3.63) is 30.3 Å². The monoisotopic (exact) mass is 318 g/mol. The van der Waals surface area contributed by atoms with Gasteiger partial charge in [-0.25, -0.2) is 0 Å². The van der Waals surface area contributed by atoms with E-state index in [9.17, 15) is 0 Å². The number of nitrogens with zero attached hydrogens (tertiary/aromatic N) is 3. The predicted molar refractivity (Wildman–Crippen MR) is 96.2 cm³/mol. The van der Waals surface area contributed by atoms with Crippen molar-refractivity contribution in [2.75, 3.05) is 46.8 Å². The Morgan fingerprint density at radius 1 is 1.30 bits per heavy atom. The van der Waals surface area contributed by atoms with E-state index in [1.807, 2.05) is 37.4 Å². The average molecular weight is 318 g/mol. The minimum Gasteiger partial charge on any atom is -0.490 e. The SMILES string of the molecule is CCN(C)CCNC(=NC)N1CCC(Oc2ccccc2)CC1. The van der Waals surface area contributed by atoms with E-state index in [0.717, 1.165) is 57.3 Å². The number of guanidine groups is 1. The maximum Gasteiger partial charge on any atom is 0.193 e. The van der Waals surface area contributed by atoms with E-state index in [-0.39, 0.29) is 0 Å². The van der Waals surface area contributed by atoms with Gasteiger partial charge >= 0.3 is 0 Å². The molecule has 0 aliphatic carbocycles. The zero-order valence-corrected chi connectivity index (χ0v) is 14.7. The molecule has 0 amide bonds. The molecule has 23 heavy (non-hydrogen) atoms. The third-order valence-corrected chi connectivity index (χ3v) is 4.32. The largest absolute Gasteiger partial charge is 0.490 e. The molecule has 1 aliphatic heterocycles. The summed E-state index contributed by atoms with van der Waals surface area (Å²) in [4.78, 5) is 9.04. The van der Waals surface area contributed by atoms with Gasteiger partial charge in [-0.3, -0.25) is 4.99 Å². The molecule has 1 fully saturated rings. The predicted octanol–water partition coefficient (Wildman–Crippen LogP) is 2.06. The molecule has 0 radical (unpaired) electrons. The summed E-state index contributed by atoms with van der Waals surface area (Å²) in [5, 5.41) is 3.46. The first-order valence-corrected chi connectivity index (χ1v) is 8.58.